The summed E-state index contributed by atoms with van der Waals surface area (Å²) in [4.78, 5) is 15.6. The fraction of sp³-hybridized carbons (Fsp3) is 0.111. The number of aromatic nitrogens is 1. The molecule has 0 aliphatic rings. The summed E-state index contributed by atoms with van der Waals surface area (Å²) in [6.45, 7) is 1.96. The molecule has 2 N–H and O–H groups in total. The normalized spacial score (nSPS) is 10.5. The van der Waals surface area contributed by atoms with Crippen LogP contribution in [0, 0.1) is 6.92 Å². The largest absolute Gasteiger partial charge is 0.872 e. The zero-order valence-corrected chi connectivity index (χ0v) is 14.4. The maximum Gasteiger partial charge on any atom is 0.335 e. The number of carbonyl (C=O) groups is 1. The van der Waals surface area contributed by atoms with Gasteiger partial charge in [-0.25, -0.2) is 9.78 Å². The molecule has 0 saturated heterocycles. The standard InChI is InChI=1S/C18H16N2O4S/c1-10-7-11(3-6-16(10)24-2)14-9-25-18(20-14)19-12-4-5-15(21)13(8-12)17(22)23/h3-9,21H,1-2H3,(H,19,20)(H,22,23)/p-1. The molecule has 128 valence electrons. The molecule has 2 aromatic carbocycles. The Balaban J connectivity index is 1.84. The number of benzene rings is 2. The molecule has 3 aromatic rings. The van der Waals surface area contributed by atoms with E-state index in [9.17, 15) is 9.90 Å². The van der Waals surface area contributed by atoms with Gasteiger partial charge in [0.2, 0.25) is 0 Å². The number of nitrogens with one attached hydrogen (secondary N) is 1. The molecule has 1 aromatic heterocycles. The van der Waals surface area contributed by atoms with E-state index in [1.165, 1.54) is 29.5 Å². The minimum absolute atomic E-state index is 0.271. The molecule has 25 heavy (non-hydrogen) atoms. The van der Waals surface area contributed by atoms with Gasteiger partial charge in [0.15, 0.2) is 5.13 Å². The molecule has 0 unspecified atom stereocenters. The molecule has 0 aliphatic heterocycles. The van der Waals surface area contributed by atoms with E-state index in [-0.39, 0.29) is 5.56 Å². The number of aromatic carboxylic acids is 1. The first-order chi connectivity index (χ1) is 12.0. The van der Waals surface area contributed by atoms with Crippen molar-refractivity contribution in [3.05, 3.63) is 52.9 Å². The first kappa shape index (κ1) is 16.8. The molecular weight excluding hydrogens is 340 g/mol. The monoisotopic (exact) mass is 355 g/mol. The highest BCUT2D eigenvalue weighted by Crippen LogP contribution is 2.30. The lowest BCUT2D eigenvalue weighted by Gasteiger charge is -2.11. The van der Waals surface area contributed by atoms with Gasteiger partial charge in [0.25, 0.3) is 0 Å². The Bertz CT molecular complexity index is 937. The van der Waals surface area contributed by atoms with E-state index < -0.39 is 11.7 Å². The molecule has 0 bridgehead atoms. The predicted octanol–water partition coefficient (Wildman–Crippen LogP) is 3.64. The van der Waals surface area contributed by atoms with Crippen LogP contribution in [0.2, 0.25) is 0 Å². The molecule has 0 fully saturated rings. The lowest BCUT2D eigenvalue weighted by molar-refractivity contribution is -0.268. The van der Waals surface area contributed by atoms with Crippen molar-refractivity contribution in [3.63, 3.8) is 0 Å². The molecule has 0 radical (unpaired) electrons. The van der Waals surface area contributed by atoms with Gasteiger partial charge in [0, 0.05) is 16.6 Å². The van der Waals surface area contributed by atoms with Crippen LogP contribution in [0.25, 0.3) is 11.3 Å². The topological polar surface area (TPSA) is 94.5 Å². The zero-order valence-electron chi connectivity index (χ0n) is 13.6. The summed E-state index contributed by atoms with van der Waals surface area (Å²) >= 11 is 1.39. The Labute approximate surface area is 148 Å². The number of rotatable bonds is 5. The van der Waals surface area contributed by atoms with Crippen LogP contribution in [0.15, 0.2) is 41.8 Å². The third kappa shape index (κ3) is 3.56. The van der Waals surface area contributed by atoms with E-state index in [0.717, 1.165) is 22.6 Å². The molecule has 1 heterocycles. The van der Waals surface area contributed by atoms with Crippen molar-refractivity contribution in [3.8, 4) is 22.8 Å². The van der Waals surface area contributed by atoms with Gasteiger partial charge >= 0.3 is 5.97 Å². The second kappa shape index (κ2) is 6.82. The Kier molecular flexibility index (Phi) is 4.58. The summed E-state index contributed by atoms with van der Waals surface area (Å²) in [6.07, 6.45) is 0. The van der Waals surface area contributed by atoms with E-state index in [2.05, 4.69) is 10.3 Å². The average molecular weight is 355 g/mol. The number of methoxy groups -OCH3 is 1. The summed E-state index contributed by atoms with van der Waals surface area (Å²) < 4.78 is 5.26. The van der Waals surface area contributed by atoms with Gasteiger partial charge in [0.05, 0.1) is 18.4 Å². The number of nitrogens with zero attached hydrogens (tertiary/aromatic N) is 1. The smallest absolute Gasteiger partial charge is 0.335 e. The van der Waals surface area contributed by atoms with Crippen molar-refractivity contribution in [2.75, 3.05) is 12.4 Å². The van der Waals surface area contributed by atoms with E-state index in [1.54, 1.807) is 7.11 Å². The van der Waals surface area contributed by atoms with Crippen molar-refractivity contribution < 1.29 is 19.7 Å². The van der Waals surface area contributed by atoms with Crippen molar-refractivity contribution in [2.45, 2.75) is 6.92 Å². The number of carboxylic acids is 1. The minimum Gasteiger partial charge on any atom is -0.872 e. The number of carboxylic acid groups (broad SMARTS) is 1. The molecule has 0 saturated carbocycles. The minimum atomic E-state index is -1.25. The first-order valence-corrected chi connectivity index (χ1v) is 8.28. The van der Waals surface area contributed by atoms with Gasteiger partial charge in [-0.3, -0.25) is 0 Å². The molecule has 0 amide bonds. The Morgan fingerprint density at radius 2 is 2.08 bits per heavy atom. The Hall–Kier alpha value is -3.06. The quantitative estimate of drug-likeness (QED) is 0.725. The first-order valence-electron chi connectivity index (χ1n) is 7.40. The molecule has 7 heteroatoms. The van der Waals surface area contributed by atoms with Crippen LogP contribution in [-0.4, -0.2) is 23.2 Å². The highest BCUT2D eigenvalue weighted by atomic mass is 32.1. The highest BCUT2D eigenvalue weighted by molar-refractivity contribution is 7.14. The summed E-state index contributed by atoms with van der Waals surface area (Å²) in [6, 6.07) is 9.89. The highest BCUT2D eigenvalue weighted by Gasteiger charge is 2.09. The van der Waals surface area contributed by atoms with Gasteiger partial charge in [-0.2, -0.15) is 0 Å². The summed E-state index contributed by atoms with van der Waals surface area (Å²) in [5.41, 5.74) is 3.01. The summed E-state index contributed by atoms with van der Waals surface area (Å²) in [5.74, 6) is -0.954. The molecule has 3 rings (SSSR count). The van der Waals surface area contributed by atoms with Crippen LogP contribution in [0.3, 0.4) is 0 Å². The lowest BCUT2D eigenvalue weighted by atomic mass is 10.1. The molecule has 0 atom stereocenters. The van der Waals surface area contributed by atoms with Gasteiger partial charge in [0.1, 0.15) is 5.75 Å². The zero-order chi connectivity index (χ0) is 18.0. The number of thiazole rings is 1. The number of aryl methyl sites for hydroxylation is 1. The third-order valence-corrected chi connectivity index (χ3v) is 4.41. The maximum absolute atomic E-state index is 11.5. The molecule has 6 nitrogen and oxygen atoms in total. The fourth-order valence-electron chi connectivity index (χ4n) is 2.40. The van der Waals surface area contributed by atoms with E-state index in [4.69, 9.17) is 9.84 Å². The van der Waals surface area contributed by atoms with Crippen LogP contribution in [-0.2, 0) is 0 Å². The maximum atomic E-state index is 11.5. The van der Waals surface area contributed by atoms with Gasteiger partial charge < -0.3 is 20.3 Å². The van der Waals surface area contributed by atoms with Crippen LogP contribution in [0.1, 0.15) is 15.9 Å². The Morgan fingerprint density at radius 1 is 1.28 bits per heavy atom. The SMILES string of the molecule is COc1ccc(-c2csc(Nc3ccc([O-])c(C(=O)O)c3)n2)cc1C. The van der Waals surface area contributed by atoms with Crippen molar-refractivity contribution in [1.82, 2.24) is 4.98 Å². The van der Waals surface area contributed by atoms with E-state index >= 15 is 0 Å². The number of hydrogen-bond donors (Lipinski definition) is 2. The molecular formula is C18H15N2O4S-. The van der Waals surface area contributed by atoms with Crippen LogP contribution < -0.4 is 15.2 Å². The van der Waals surface area contributed by atoms with Crippen LogP contribution in [0.5, 0.6) is 11.5 Å². The van der Waals surface area contributed by atoms with Crippen molar-refractivity contribution >= 4 is 28.1 Å². The second-order valence-corrected chi connectivity index (χ2v) is 6.22. The van der Waals surface area contributed by atoms with E-state index in [1.807, 2.05) is 30.5 Å². The Morgan fingerprint density at radius 3 is 2.76 bits per heavy atom. The average Bonchev–Trinajstić information content (AvgIpc) is 3.04. The predicted molar refractivity (Wildman–Crippen MR) is 95.0 cm³/mol. The molecule has 0 aliphatic carbocycles. The van der Waals surface area contributed by atoms with E-state index in [0.29, 0.717) is 10.8 Å². The molecule has 0 spiro atoms. The summed E-state index contributed by atoms with van der Waals surface area (Å²) in [5, 5.41) is 26.1. The summed E-state index contributed by atoms with van der Waals surface area (Å²) in [7, 11) is 1.63. The van der Waals surface area contributed by atoms with Gasteiger partial charge in [-0.15, -0.1) is 11.3 Å². The third-order valence-electron chi connectivity index (χ3n) is 3.66. The lowest BCUT2D eigenvalue weighted by Crippen LogP contribution is -2.04. The number of anilines is 2. The van der Waals surface area contributed by atoms with Gasteiger partial charge in [-0.05, 0) is 42.8 Å². The number of ether oxygens (including phenoxy) is 1. The van der Waals surface area contributed by atoms with Gasteiger partial charge in [-0.1, -0.05) is 11.8 Å². The van der Waals surface area contributed by atoms with Crippen LogP contribution in [0.4, 0.5) is 10.8 Å². The number of hydrogen-bond acceptors (Lipinski definition) is 6. The van der Waals surface area contributed by atoms with Crippen LogP contribution >= 0.6 is 11.3 Å². The van der Waals surface area contributed by atoms with Crippen molar-refractivity contribution in [2.24, 2.45) is 0 Å². The second-order valence-electron chi connectivity index (χ2n) is 5.36. The fourth-order valence-corrected chi connectivity index (χ4v) is 3.14. The van der Waals surface area contributed by atoms with Crippen molar-refractivity contribution in [1.29, 1.82) is 0 Å².